The molecule has 2 aliphatic heterocycles. The average Bonchev–Trinajstić information content (AvgIpc) is 3.29. The van der Waals surface area contributed by atoms with Crippen LogP contribution in [-0.4, -0.2) is 95.0 Å². The summed E-state index contributed by atoms with van der Waals surface area (Å²) in [6.07, 6.45) is 2.83. The van der Waals surface area contributed by atoms with Crippen molar-refractivity contribution in [3.63, 3.8) is 0 Å². The molecule has 43 heavy (non-hydrogen) atoms. The number of esters is 1. The van der Waals surface area contributed by atoms with Crippen LogP contribution in [0.15, 0.2) is 53.7 Å². The van der Waals surface area contributed by atoms with E-state index in [0.717, 1.165) is 23.0 Å². The molecular weight excluding hydrogens is 592 g/mol. The van der Waals surface area contributed by atoms with Crippen LogP contribution in [0.5, 0.6) is 0 Å². The maximum Gasteiger partial charge on any atom is 0.329 e. The Morgan fingerprint density at radius 2 is 1.81 bits per heavy atom. The van der Waals surface area contributed by atoms with Crippen molar-refractivity contribution in [1.82, 2.24) is 24.8 Å². The molecule has 0 aliphatic carbocycles. The zero-order valence-corrected chi connectivity index (χ0v) is 26.8. The SMILES string of the molecule is CC(C)(C)OC(=O)[C@@H](Cc1ccc(NC(=O)N2CCNCC2)cc1)NC(=O)[C@@H]1N(S(=O)(=O)c2cccnc2)CSC1(C)C. The predicted octanol–water partition coefficient (Wildman–Crippen LogP) is 2.43. The number of anilines is 1. The number of piperazine rings is 1. The van der Waals surface area contributed by atoms with Gasteiger partial charge in [-0.3, -0.25) is 9.78 Å². The van der Waals surface area contributed by atoms with E-state index in [-0.39, 0.29) is 23.2 Å². The number of hydrogen-bond donors (Lipinski definition) is 3. The average molecular weight is 633 g/mol. The fraction of sp³-hybridized carbons (Fsp3) is 0.517. The topological polar surface area (TPSA) is 150 Å². The van der Waals surface area contributed by atoms with Gasteiger partial charge >= 0.3 is 12.0 Å². The van der Waals surface area contributed by atoms with Gasteiger partial charge in [-0.05, 0) is 64.4 Å². The van der Waals surface area contributed by atoms with Crippen molar-refractivity contribution in [2.45, 2.75) is 68.4 Å². The Balaban J connectivity index is 1.52. The molecule has 0 spiro atoms. The zero-order chi connectivity index (χ0) is 31.4. The lowest BCUT2D eigenvalue weighted by Gasteiger charge is -2.32. The van der Waals surface area contributed by atoms with Crippen LogP contribution in [0.4, 0.5) is 10.5 Å². The Hall–Kier alpha value is -3.20. The van der Waals surface area contributed by atoms with E-state index in [4.69, 9.17) is 4.74 Å². The number of nitrogens with zero attached hydrogens (tertiary/aromatic N) is 3. The molecule has 2 aromatic rings. The molecular formula is C29H40N6O6S2. The minimum Gasteiger partial charge on any atom is -0.458 e. The highest BCUT2D eigenvalue weighted by atomic mass is 32.2. The number of aromatic nitrogens is 1. The van der Waals surface area contributed by atoms with E-state index in [2.05, 4.69) is 20.9 Å². The Morgan fingerprint density at radius 1 is 1.14 bits per heavy atom. The quantitative estimate of drug-likeness (QED) is 0.373. The van der Waals surface area contributed by atoms with Gasteiger partial charge in [0.2, 0.25) is 15.9 Å². The van der Waals surface area contributed by atoms with Crippen molar-refractivity contribution in [2.75, 3.05) is 37.4 Å². The summed E-state index contributed by atoms with van der Waals surface area (Å²) in [5.41, 5.74) is 0.512. The third-order valence-electron chi connectivity index (χ3n) is 7.06. The van der Waals surface area contributed by atoms with Gasteiger partial charge in [0.25, 0.3) is 0 Å². The number of benzene rings is 1. The highest BCUT2D eigenvalue weighted by Crippen LogP contribution is 2.42. The van der Waals surface area contributed by atoms with Crippen molar-refractivity contribution < 1.29 is 27.5 Å². The number of pyridine rings is 1. The molecule has 12 nitrogen and oxygen atoms in total. The number of rotatable bonds is 8. The molecule has 1 aromatic carbocycles. The fourth-order valence-electron chi connectivity index (χ4n) is 4.87. The Bertz CT molecular complexity index is 1410. The minimum atomic E-state index is -4.04. The lowest BCUT2D eigenvalue weighted by Crippen LogP contribution is -2.57. The summed E-state index contributed by atoms with van der Waals surface area (Å²) in [7, 11) is -4.04. The molecule has 2 atom stereocenters. The van der Waals surface area contributed by atoms with Gasteiger partial charge in [0.1, 0.15) is 22.6 Å². The normalized spacial score (nSPS) is 19.8. The fourth-order valence-corrected chi connectivity index (χ4v) is 8.00. The summed E-state index contributed by atoms with van der Waals surface area (Å²) in [5, 5.41) is 8.89. The molecule has 3 amide bonds. The molecule has 2 fully saturated rings. The van der Waals surface area contributed by atoms with E-state index in [0.29, 0.717) is 18.8 Å². The number of nitrogens with one attached hydrogen (secondary N) is 3. The van der Waals surface area contributed by atoms with Crippen molar-refractivity contribution >= 4 is 45.4 Å². The number of hydrogen-bond acceptors (Lipinski definition) is 9. The molecule has 234 valence electrons. The van der Waals surface area contributed by atoms with Crippen LogP contribution in [0.3, 0.4) is 0 Å². The van der Waals surface area contributed by atoms with Gasteiger partial charge in [-0.25, -0.2) is 18.0 Å². The van der Waals surface area contributed by atoms with Gasteiger partial charge in [0.15, 0.2) is 0 Å². The third-order valence-corrected chi connectivity index (χ3v) is 10.4. The minimum absolute atomic E-state index is 0.0149. The molecule has 2 saturated heterocycles. The van der Waals surface area contributed by atoms with Crippen molar-refractivity contribution in [2.24, 2.45) is 0 Å². The van der Waals surface area contributed by atoms with Crippen LogP contribution < -0.4 is 16.0 Å². The lowest BCUT2D eigenvalue weighted by atomic mass is 10.0. The molecule has 14 heteroatoms. The van der Waals surface area contributed by atoms with Gasteiger partial charge in [0.05, 0.1) is 5.88 Å². The highest BCUT2D eigenvalue weighted by Gasteiger charge is 2.51. The molecule has 1 aromatic heterocycles. The number of ether oxygens (including phenoxy) is 1. The number of urea groups is 1. The van der Waals surface area contributed by atoms with Gasteiger partial charge in [-0.2, -0.15) is 4.31 Å². The predicted molar refractivity (Wildman–Crippen MR) is 165 cm³/mol. The van der Waals surface area contributed by atoms with Crippen LogP contribution in [0.1, 0.15) is 40.2 Å². The molecule has 0 saturated carbocycles. The first-order valence-corrected chi connectivity index (χ1v) is 16.5. The van der Waals surface area contributed by atoms with E-state index in [1.54, 1.807) is 63.8 Å². The lowest BCUT2D eigenvalue weighted by molar-refractivity contribution is -0.158. The summed E-state index contributed by atoms with van der Waals surface area (Å²) >= 11 is 1.34. The first-order valence-electron chi connectivity index (χ1n) is 14.1. The van der Waals surface area contributed by atoms with Crippen molar-refractivity contribution in [3.8, 4) is 0 Å². The summed E-state index contributed by atoms with van der Waals surface area (Å²) in [4.78, 5) is 45.4. The van der Waals surface area contributed by atoms with Crippen LogP contribution in [0, 0.1) is 0 Å². The molecule has 3 heterocycles. The van der Waals surface area contributed by atoms with Gasteiger partial charge in [-0.15, -0.1) is 11.8 Å². The standard InChI is InChI=1S/C29H40N6O6S2/c1-28(2,3)41-26(37)23(17-20-8-10-21(11-9-20)32-27(38)34-15-13-30-14-16-34)33-25(36)24-29(4,5)42-19-35(24)43(39,40)22-7-6-12-31-18-22/h6-12,18,23-24,30H,13-17,19H2,1-5H3,(H,32,38)(H,33,36)/t23-,24+/m1/s1. The van der Waals surface area contributed by atoms with Crippen LogP contribution in [-0.2, 0) is 30.8 Å². The summed E-state index contributed by atoms with van der Waals surface area (Å²) in [6, 6.07) is 7.62. The van der Waals surface area contributed by atoms with Crippen LogP contribution >= 0.6 is 11.8 Å². The van der Waals surface area contributed by atoms with Gasteiger partial charge in [-0.1, -0.05) is 12.1 Å². The number of carbonyl (C=O) groups excluding carboxylic acids is 3. The zero-order valence-electron chi connectivity index (χ0n) is 25.1. The second-order valence-corrected chi connectivity index (χ2v) is 15.5. The van der Waals surface area contributed by atoms with E-state index in [1.807, 2.05) is 0 Å². The van der Waals surface area contributed by atoms with Gasteiger partial charge in [0, 0.05) is 55.4 Å². The van der Waals surface area contributed by atoms with Crippen molar-refractivity contribution in [1.29, 1.82) is 0 Å². The molecule has 0 radical (unpaired) electrons. The second kappa shape index (κ2) is 13.2. The second-order valence-electron chi connectivity index (χ2n) is 12.0. The molecule has 0 bridgehead atoms. The maximum atomic E-state index is 13.8. The Morgan fingerprint density at radius 3 is 2.42 bits per heavy atom. The molecule has 4 rings (SSSR count). The Kier molecular flexibility index (Phi) is 10.0. The Labute approximate surface area is 257 Å². The summed E-state index contributed by atoms with van der Waals surface area (Å²) in [6.45, 7) is 11.5. The highest BCUT2D eigenvalue weighted by molar-refractivity contribution is 8.02. The molecule has 0 unspecified atom stereocenters. The third kappa shape index (κ3) is 8.25. The largest absolute Gasteiger partial charge is 0.458 e. The molecule has 3 N–H and O–H groups in total. The van der Waals surface area contributed by atoms with E-state index in [1.165, 1.54) is 36.3 Å². The number of sulfonamides is 1. The first-order chi connectivity index (χ1) is 20.2. The first kappa shape index (κ1) is 32.7. The number of thioether (sulfide) groups is 1. The van der Waals surface area contributed by atoms with Crippen LogP contribution in [0.25, 0.3) is 0 Å². The maximum absolute atomic E-state index is 13.8. The van der Waals surface area contributed by atoms with Gasteiger partial charge < -0.3 is 25.6 Å². The number of amides is 3. The monoisotopic (exact) mass is 632 g/mol. The van der Waals surface area contributed by atoms with E-state index in [9.17, 15) is 22.8 Å². The van der Waals surface area contributed by atoms with E-state index < -0.39 is 44.3 Å². The molecule has 2 aliphatic rings. The van der Waals surface area contributed by atoms with Crippen LogP contribution in [0.2, 0.25) is 0 Å². The summed E-state index contributed by atoms with van der Waals surface area (Å²) in [5.74, 6) is -1.17. The smallest absolute Gasteiger partial charge is 0.329 e. The summed E-state index contributed by atoms with van der Waals surface area (Å²) < 4.78 is 33.0. The van der Waals surface area contributed by atoms with Crippen molar-refractivity contribution in [3.05, 3.63) is 54.4 Å². The number of carbonyl (C=O) groups is 3. The van der Waals surface area contributed by atoms with E-state index >= 15 is 0 Å².